The van der Waals surface area contributed by atoms with Gasteiger partial charge < -0.3 is 9.68 Å². The molecule has 0 radical (unpaired) electrons. The summed E-state index contributed by atoms with van der Waals surface area (Å²) in [5, 5.41) is 18.8. The van der Waals surface area contributed by atoms with E-state index in [0.717, 1.165) is 6.42 Å². The molecule has 0 aliphatic heterocycles. The van der Waals surface area contributed by atoms with Crippen LogP contribution in [0.1, 0.15) is 40.5 Å². The van der Waals surface area contributed by atoms with E-state index in [0.29, 0.717) is 12.3 Å². The van der Waals surface area contributed by atoms with Crippen LogP contribution in [0.5, 0.6) is 0 Å². The van der Waals surface area contributed by atoms with Crippen molar-refractivity contribution in [3.05, 3.63) is 20.2 Å². The lowest BCUT2D eigenvalue weighted by Gasteiger charge is -2.26. The Morgan fingerprint density at radius 2 is 1.44 bits per heavy atom. The molecule has 18 heavy (non-hydrogen) atoms. The first kappa shape index (κ1) is 16.4. The number of hydrogen-bond acceptors (Lipinski definition) is 6. The third-order valence-corrected chi connectivity index (χ3v) is 2.68. The second-order valence-electron chi connectivity index (χ2n) is 4.78. The number of rotatable bonds is 9. The molecule has 3 unspecified atom stereocenters. The summed E-state index contributed by atoms with van der Waals surface area (Å²) in [5.74, 6) is 0.253. The molecule has 0 rings (SSSR count). The molecule has 0 aromatic carbocycles. The third-order valence-electron chi connectivity index (χ3n) is 2.68. The Balaban J connectivity index is 4.54. The Hall–Kier alpha value is -1.60. The summed E-state index contributed by atoms with van der Waals surface area (Å²) in [4.78, 5) is 29.5. The van der Waals surface area contributed by atoms with Gasteiger partial charge in [-0.2, -0.15) is 0 Å². The molecule has 0 aliphatic rings. The minimum atomic E-state index is -0.979. The molecule has 0 spiro atoms. The van der Waals surface area contributed by atoms with Gasteiger partial charge in [0, 0.05) is 0 Å². The van der Waals surface area contributed by atoms with Crippen LogP contribution in [0.25, 0.3) is 0 Å². The minimum absolute atomic E-state index is 0.201. The van der Waals surface area contributed by atoms with Crippen LogP contribution < -0.4 is 0 Å². The highest BCUT2D eigenvalue weighted by Crippen LogP contribution is 2.21. The molecule has 0 saturated heterocycles. The summed E-state index contributed by atoms with van der Waals surface area (Å²) in [7, 11) is 0. The van der Waals surface area contributed by atoms with Gasteiger partial charge in [-0.3, -0.25) is 0 Å². The summed E-state index contributed by atoms with van der Waals surface area (Å²) in [5.41, 5.74) is 0. The molecule has 106 valence electrons. The van der Waals surface area contributed by atoms with E-state index in [1.54, 1.807) is 6.92 Å². The smallest absolute Gasteiger partial charge is 0.294 e. The monoisotopic (exact) mass is 264 g/mol. The van der Waals surface area contributed by atoms with Crippen molar-refractivity contribution in [2.75, 3.05) is 0 Å². The van der Waals surface area contributed by atoms with Gasteiger partial charge in [0.2, 0.25) is 0 Å². The first-order valence-corrected chi connectivity index (χ1v) is 5.86. The lowest BCUT2D eigenvalue weighted by molar-refractivity contribution is -0.799. The largest absolute Gasteiger partial charge is 0.309 e. The predicted octanol–water partition coefficient (Wildman–Crippen LogP) is 2.23. The summed E-state index contributed by atoms with van der Waals surface area (Å²) in [6.45, 7) is 7.22. The number of nitrogens with zero attached hydrogens (tertiary/aromatic N) is 2. The lowest BCUT2D eigenvalue weighted by atomic mass is 9.92. The van der Waals surface area contributed by atoms with Crippen LogP contribution in [-0.2, 0) is 9.68 Å². The summed E-state index contributed by atoms with van der Waals surface area (Å²) in [6.07, 6.45) is -0.373. The van der Waals surface area contributed by atoms with Gasteiger partial charge in [0.1, 0.15) is 12.2 Å². The van der Waals surface area contributed by atoms with Gasteiger partial charge in [0.05, 0.1) is 0 Å². The maximum Gasteiger partial charge on any atom is 0.294 e. The standard InChI is InChI=1S/C10H20N2O6/c1-7(2)5-6-8(3)10(18-12(15)16)9(4)17-11(13)14/h7-10H,5-6H2,1-4H3. The van der Waals surface area contributed by atoms with Gasteiger partial charge in [0.25, 0.3) is 10.2 Å². The van der Waals surface area contributed by atoms with Crippen molar-refractivity contribution in [2.24, 2.45) is 11.8 Å². The fourth-order valence-corrected chi connectivity index (χ4v) is 1.71. The van der Waals surface area contributed by atoms with E-state index in [-0.39, 0.29) is 5.92 Å². The Morgan fingerprint density at radius 1 is 0.944 bits per heavy atom. The van der Waals surface area contributed by atoms with Crippen LogP contribution in [0.3, 0.4) is 0 Å². The van der Waals surface area contributed by atoms with Gasteiger partial charge >= 0.3 is 0 Å². The van der Waals surface area contributed by atoms with Gasteiger partial charge in [-0.25, -0.2) is 0 Å². The highest BCUT2D eigenvalue weighted by molar-refractivity contribution is 4.71. The second kappa shape index (κ2) is 7.67. The van der Waals surface area contributed by atoms with Gasteiger partial charge in [-0.15, -0.1) is 20.2 Å². The average molecular weight is 264 g/mol. The van der Waals surface area contributed by atoms with Gasteiger partial charge in [-0.05, 0) is 25.2 Å². The van der Waals surface area contributed by atoms with Crippen molar-refractivity contribution in [3.63, 3.8) is 0 Å². The van der Waals surface area contributed by atoms with Crippen LogP contribution in [0.4, 0.5) is 0 Å². The van der Waals surface area contributed by atoms with Crippen molar-refractivity contribution in [1.82, 2.24) is 0 Å². The highest BCUT2D eigenvalue weighted by Gasteiger charge is 2.29. The molecule has 8 nitrogen and oxygen atoms in total. The van der Waals surface area contributed by atoms with Crippen molar-refractivity contribution < 1.29 is 19.8 Å². The maximum atomic E-state index is 10.4. The summed E-state index contributed by atoms with van der Waals surface area (Å²) in [6, 6.07) is 0. The summed E-state index contributed by atoms with van der Waals surface area (Å²) < 4.78 is 0. The zero-order valence-corrected chi connectivity index (χ0v) is 11.1. The molecule has 0 aliphatic carbocycles. The molecule has 3 atom stereocenters. The molecule has 0 aromatic rings. The van der Waals surface area contributed by atoms with E-state index in [1.807, 2.05) is 13.8 Å². The minimum Gasteiger partial charge on any atom is -0.309 e. The van der Waals surface area contributed by atoms with Gasteiger partial charge in [0.15, 0.2) is 0 Å². The highest BCUT2D eigenvalue weighted by atomic mass is 17.0. The van der Waals surface area contributed by atoms with Crippen molar-refractivity contribution in [3.8, 4) is 0 Å². The van der Waals surface area contributed by atoms with E-state index >= 15 is 0 Å². The molecule has 8 heteroatoms. The SMILES string of the molecule is CC(C)CCC(C)C(O[N+](=O)[O-])C(C)O[N+](=O)[O-]. The van der Waals surface area contributed by atoms with Crippen LogP contribution in [-0.4, -0.2) is 22.4 Å². The van der Waals surface area contributed by atoms with E-state index in [1.165, 1.54) is 6.92 Å². The molecular formula is C10H20N2O6. The normalized spacial score (nSPS) is 15.8. The van der Waals surface area contributed by atoms with Crippen molar-refractivity contribution in [2.45, 2.75) is 52.7 Å². The molecule has 0 N–H and O–H groups in total. The third kappa shape index (κ3) is 6.87. The van der Waals surface area contributed by atoms with Crippen LogP contribution >= 0.6 is 0 Å². The molecular weight excluding hydrogens is 244 g/mol. The Bertz CT molecular complexity index is 284. The lowest BCUT2D eigenvalue weighted by Crippen LogP contribution is -2.38. The molecule has 0 aromatic heterocycles. The van der Waals surface area contributed by atoms with Crippen LogP contribution in [0, 0.1) is 32.1 Å². The Morgan fingerprint density at radius 3 is 1.83 bits per heavy atom. The van der Waals surface area contributed by atoms with E-state index < -0.39 is 22.4 Å². The van der Waals surface area contributed by atoms with E-state index in [9.17, 15) is 20.2 Å². The number of hydrogen-bond donors (Lipinski definition) is 0. The predicted molar refractivity (Wildman–Crippen MR) is 62.6 cm³/mol. The molecule has 0 fully saturated rings. The first-order valence-electron chi connectivity index (χ1n) is 5.86. The maximum absolute atomic E-state index is 10.4. The first-order chi connectivity index (χ1) is 8.23. The van der Waals surface area contributed by atoms with Gasteiger partial charge in [-0.1, -0.05) is 27.2 Å². The van der Waals surface area contributed by atoms with E-state index in [2.05, 4.69) is 9.68 Å². The summed E-state index contributed by atoms with van der Waals surface area (Å²) >= 11 is 0. The fraction of sp³-hybridized carbons (Fsp3) is 1.00. The Labute approximate surface area is 105 Å². The van der Waals surface area contributed by atoms with Crippen molar-refractivity contribution in [1.29, 1.82) is 0 Å². The second-order valence-corrected chi connectivity index (χ2v) is 4.78. The topological polar surface area (TPSA) is 105 Å². The Kier molecular flexibility index (Phi) is 6.99. The average Bonchev–Trinajstić information content (AvgIpc) is 2.21. The van der Waals surface area contributed by atoms with Crippen LogP contribution in [0.2, 0.25) is 0 Å². The van der Waals surface area contributed by atoms with Crippen LogP contribution in [0.15, 0.2) is 0 Å². The zero-order valence-electron chi connectivity index (χ0n) is 11.1. The zero-order chi connectivity index (χ0) is 14.3. The quantitative estimate of drug-likeness (QED) is 0.467. The molecule has 0 bridgehead atoms. The molecule has 0 amide bonds. The fourth-order valence-electron chi connectivity index (χ4n) is 1.71. The van der Waals surface area contributed by atoms with E-state index in [4.69, 9.17) is 0 Å². The van der Waals surface area contributed by atoms with Crippen molar-refractivity contribution >= 4 is 0 Å². The molecule has 0 saturated carbocycles. The molecule has 0 heterocycles.